The topological polar surface area (TPSA) is 94.6 Å². The number of fused-ring (bicyclic) bond motifs is 1. The van der Waals surface area contributed by atoms with Crippen LogP contribution >= 0.6 is 0 Å². The normalized spacial score (nSPS) is 11.2. The van der Waals surface area contributed by atoms with Crippen molar-refractivity contribution >= 4 is 26.6 Å². The van der Waals surface area contributed by atoms with Gasteiger partial charge in [0.25, 0.3) is 0 Å². The quantitative estimate of drug-likeness (QED) is 0.537. The molecule has 0 bridgehead atoms. The van der Waals surface area contributed by atoms with Gasteiger partial charge in [-0.3, -0.25) is 0 Å². The number of benzene rings is 3. The summed E-state index contributed by atoms with van der Waals surface area (Å²) in [4.78, 5) is 2.77. The molecule has 0 aromatic heterocycles. The van der Waals surface area contributed by atoms with E-state index in [-0.39, 0.29) is 27.1 Å². The second kappa shape index (κ2) is 5.83. The van der Waals surface area contributed by atoms with Crippen molar-refractivity contribution in [1.82, 2.24) is 0 Å². The summed E-state index contributed by atoms with van der Waals surface area (Å²) in [7, 11) is -4.13. The molecule has 0 saturated carbocycles. The zero-order chi connectivity index (χ0) is 17.3. The fraction of sp³-hybridized carbons (Fsp3) is 0.0588. The lowest BCUT2D eigenvalue weighted by atomic mass is 10.1. The average Bonchev–Trinajstić information content (AvgIpc) is 2.54. The molecule has 0 unspecified atom stereocenters. The van der Waals surface area contributed by atoms with Gasteiger partial charge in [0.15, 0.2) is 4.98 Å². The largest absolute Gasteiger partial charge is 0.867 e. The number of hydrogen-bond acceptors (Lipinski definition) is 5. The van der Waals surface area contributed by atoms with Crippen LogP contribution in [0.25, 0.3) is 15.7 Å². The van der Waals surface area contributed by atoms with Crippen molar-refractivity contribution in [3.05, 3.63) is 65.1 Å². The van der Waals surface area contributed by atoms with Crippen LogP contribution in [-0.4, -0.2) is 8.42 Å². The Morgan fingerprint density at radius 2 is 1.79 bits per heavy atom. The van der Waals surface area contributed by atoms with E-state index in [0.717, 1.165) is 5.56 Å². The molecule has 0 heterocycles. The van der Waals surface area contributed by atoms with Crippen molar-refractivity contribution in [1.29, 1.82) is 5.39 Å². The maximum absolute atomic E-state index is 12.6. The molecule has 0 spiro atoms. The summed E-state index contributed by atoms with van der Waals surface area (Å²) in [5.41, 5.74) is 0.702. The van der Waals surface area contributed by atoms with Crippen molar-refractivity contribution in [2.75, 3.05) is 0 Å². The van der Waals surface area contributed by atoms with Gasteiger partial charge in [-0.1, -0.05) is 24.3 Å². The lowest BCUT2D eigenvalue weighted by Crippen LogP contribution is -2.10. The van der Waals surface area contributed by atoms with Crippen LogP contribution in [0.15, 0.2) is 59.5 Å². The smallest absolute Gasteiger partial charge is 0.378 e. The van der Waals surface area contributed by atoms with Gasteiger partial charge in [-0.05, 0) is 47.9 Å². The zero-order valence-electron chi connectivity index (χ0n) is 12.6. The van der Waals surface area contributed by atoms with Gasteiger partial charge in [0.1, 0.15) is 10.6 Å². The lowest BCUT2D eigenvalue weighted by Gasteiger charge is -2.12. The molecule has 6 nitrogen and oxygen atoms in total. The molecule has 24 heavy (non-hydrogen) atoms. The van der Waals surface area contributed by atoms with Crippen LogP contribution < -0.4 is 9.29 Å². The first-order valence-corrected chi connectivity index (χ1v) is 8.42. The first kappa shape index (κ1) is 15.8. The molecule has 0 aliphatic carbocycles. The standard InChI is InChI=1S/C17H12N2O4S/c1-11-4-2-5-12(10-11)23-24(21,22)16-7-3-6-14-13(16)8-9-15(19-18)17(14)20/h2-10H,1H3. The third-order valence-electron chi connectivity index (χ3n) is 3.52. The molecule has 3 rings (SSSR count). The minimum Gasteiger partial charge on any atom is -0.867 e. The predicted molar refractivity (Wildman–Crippen MR) is 87.1 cm³/mol. The van der Waals surface area contributed by atoms with E-state index in [2.05, 4.69) is 4.98 Å². The van der Waals surface area contributed by atoms with E-state index in [1.54, 1.807) is 12.1 Å². The molecule has 0 atom stereocenters. The van der Waals surface area contributed by atoms with E-state index in [9.17, 15) is 13.5 Å². The minimum atomic E-state index is -4.13. The first-order chi connectivity index (χ1) is 11.4. The van der Waals surface area contributed by atoms with Crippen LogP contribution in [0.2, 0.25) is 0 Å². The summed E-state index contributed by atoms with van der Waals surface area (Å²) >= 11 is 0. The summed E-state index contributed by atoms with van der Waals surface area (Å²) in [6.07, 6.45) is 0. The highest BCUT2D eigenvalue weighted by atomic mass is 32.2. The van der Waals surface area contributed by atoms with Crippen LogP contribution in [-0.2, 0) is 10.1 Å². The fourth-order valence-corrected chi connectivity index (χ4v) is 3.56. The summed E-state index contributed by atoms with van der Waals surface area (Å²) in [6, 6.07) is 13.6. The minimum absolute atomic E-state index is 0.122. The predicted octanol–water partition coefficient (Wildman–Crippen LogP) is 3.47. The molecule has 0 saturated heterocycles. The molecule has 0 aliphatic rings. The summed E-state index contributed by atoms with van der Waals surface area (Å²) in [5, 5.41) is 21.3. The first-order valence-electron chi connectivity index (χ1n) is 7.01. The molecule has 0 fully saturated rings. The van der Waals surface area contributed by atoms with Gasteiger partial charge >= 0.3 is 15.8 Å². The Morgan fingerprint density at radius 3 is 2.50 bits per heavy atom. The number of nitrogens with zero attached hydrogens (tertiary/aromatic N) is 2. The van der Waals surface area contributed by atoms with E-state index < -0.39 is 15.9 Å². The molecule has 7 heteroatoms. The van der Waals surface area contributed by atoms with Gasteiger partial charge in [0.05, 0.1) is 0 Å². The number of hydrogen-bond donors (Lipinski definition) is 0. The molecule has 3 aromatic rings. The highest BCUT2D eigenvalue weighted by Crippen LogP contribution is 2.35. The van der Waals surface area contributed by atoms with Gasteiger partial charge in [-0.15, -0.1) is 0 Å². The Hall–Kier alpha value is -3.11. The summed E-state index contributed by atoms with van der Waals surface area (Å²) in [5.74, 6) is -0.362. The van der Waals surface area contributed by atoms with Crippen LogP contribution in [0.4, 0.5) is 5.69 Å². The monoisotopic (exact) mass is 340 g/mol. The molecule has 0 N–H and O–H groups in total. The Balaban J connectivity index is 2.15. The Kier molecular flexibility index (Phi) is 3.83. The number of rotatable bonds is 3. The SMILES string of the molecule is Cc1cccc(OS(=O)(=O)c2cccc3c([O-])c([N+]#N)ccc23)c1. The van der Waals surface area contributed by atoms with Gasteiger partial charge < -0.3 is 9.29 Å². The third kappa shape index (κ3) is 2.75. The molecule has 3 aromatic carbocycles. The van der Waals surface area contributed by atoms with E-state index in [1.165, 1.54) is 36.4 Å². The van der Waals surface area contributed by atoms with Crippen molar-refractivity contribution in [2.45, 2.75) is 11.8 Å². The zero-order valence-corrected chi connectivity index (χ0v) is 13.4. The maximum atomic E-state index is 12.6. The second-order valence-electron chi connectivity index (χ2n) is 5.22. The van der Waals surface area contributed by atoms with Crippen molar-refractivity contribution in [3.63, 3.8) is 0 Å². The molecule has 0 radical (unpaired) electrons. The van der Waals surface area contributed by atoms with Crippen LogP contribution in [0.5, 0.6) is 11.5 Å². The molecular weight excluding hydrogens is 328 g/mol. The highest BCUT2D eigenvalue weighted by molar-refractivity contribution is 7.87. The number of diazo groups is 1. The molecular formula is C17H12N2O4S. The summed E-state index contributed by atoms with van der Waals surface area (Å²) < 4.78 is 30.4. The lowest BCUT2D eigenvalue weighted by molar-refractivity contribution is -0.264. The van der Waals surface area contributed by atoms with Crippen LogP contribution in [0, 0.1) is 12.3 Å². The third-order valence-corrected chi connectivity index (χ3v) is 4.83. The molecule has 0 amide bonds. The second-order valence-corrected chi connectivity index (χ2v) is 6.73. The Bertz CT molecular complexity index is 1090. The van der Waals surface area contributed by atoms with Crippen molar-refractivity contribution in [2.24, 2.45) is 0 Å². The van der Waals surface area contributed by atoms with Gasteiger partial charge in [-0.2, -0.15) is 8.42 Å². The van der Waals surface area contributed by atoms with Crippen molar-refractivity contribution in [3.8, 4) is 11.5 Å². The number of aryl methyl sites for hydroxylation is 1. The van der Waals surface area contributed by atoms with Crippen LogP contribution in [0.1, 0.15) is 5.56 Å². The van der Waals surface area contributed by atoms with E-state index in [4.69, 9.17) is 9.58 Å². The summed E-state index contributed by atoms with van der Waals surface area (Å²) in [6.45, 7) is 1.82. The Labute approximate surface area is 138 Å². The Morgan fingerprint density at radius 1 is 1.04 bits per heavy atom. The molecule has 0 aliphatic heterocycles. The highest BCUT2D eigenvalue weighted by Gasteiger charge is 2.21. The van der Waals surface area contributed by atoms with Crippen molar-refractivity contribution < 1.29 is 17.7 Å². The van der Waals surface area contributed by atoms with E-state index in [0.29, 0.717) is 0 Å². The van der Waals surface area contributed by atoms with E-state index >= 15 is 0 Å². The van der Waals surface area contributed by atoms with Crippen LogP contribution in [0.3, 0.4) is 0 Å². The van der Waals surface area contributed by atoms with Gasteiger partial charge in [-0.25, -0.2) is 0 Å². The van der Waals surface area contributed by atoms with E-state index in [1.807, 2.05) is 13.0 Å². The van der Waals surface area contributed by atoms with Gasteiger partial charge in [0, 0.05) is 11.5 Å². The average molecular weight is 340 g/mol. The van der Waals surface area contributed by atoms with Gasteiger partial charge in [0.2, 0.25) is 5.39 Å². The fourth-order valence-electron chi connectivity index (χ4n) is 2.43. The maximum Gasteiger partial charge on any atom is 0.378 e. The molecule has 120 valence electrons.